The van der Waals surface area contributed by atoms with E-state index < -0.39 is 0 Å². The molecule has 172 valence electrons. The molecule has 0 spiro atoms. The molecule has 0 aliphatic rings. The Morgan fingerprint density at radius 1 is 1.03 bits per heavy atom. The SMILES string of the molecule is CNc1c(CC(C)(C)C)nc(C)c(CSc2ncc[nH]2)c1-c1ccc(C)cc1.Cl.Cl.Cl. The van der Waals surface area contributed by atoms with Crippen LogP contribution in [0.15, 0.2) is 41.8 Å². The van der Waals surface area contributed by atoms with E-state index in [0.29, 0.717) is 0 Å². The van der Waals surface area contributed by atoms with Crippen LogP contribution in [0.1, 0.15) is 43.3 Å². The molecule has 0 unspecified atom stereocenters. The first-order valence-electron chi connectivity index (χ1n) is 9.68. The molecule has 0 bridgehead atoms. The smallest absolute Gasteiger partial charge is 0.165 e. The van der Waals surface area contributed by atoms with Crippen LogP contribution in [0, 0.1) is 19.3 Å². The van der Waals surface area contributed by atoms with Gasteiger partial charge in [-0.2, -0.15) is 0 Å². The van der Waals surface area contributed by atoms with Gasteiger partial charge >= 0.3 is 0 Å². The Hall–Kier alpha value is -1.40. The molecular weight excluding hydrogens is 471 g/mol. The van der Waals surface area contributed by atoms with Gasteiger partial charge in [-0.3, -0.25) is 4.98 Å². The van der Waals surface area contributed by atoms with Gasteiger partial charge in [-0.05, 0) is 36.8 Å². The maximum absolute atomic E-state index is 5.03. The van der Waals surface area contributed by atoms with Crippen molar-refractivity contribution in [3.63, 3.8) is 0 Å². The van der Waals surface area contributed by atoms with Crippen LogP contribution in [0.5, 0.6) is 0 Å². The quantitative estimate of drug-likeness (QED) is 0.347. The van der Waals surface area contributed by atoms with Crippen LogP contribution < -0.4 is 5.32 Å². The van der Waals surface area contributed by atoms with E-state index in [9.17, 15) is 0 Å². The van der Waals surface area contributed by atoms with E-state index in [1.807, 2.05) is 13.2 Å². The number of thioether (sulfide) groups is 1. The van der Waals surface area contributed by atoms with E-state index in [-0.39, 0.29) is 42.6 Å². The van der Waals surface area contributed by atoms with Gasteiger partial charge in [-0.15, -0.1) is 37.2 Å². The van der Waals surface area contributed by atoms with Crippen LogP contribution in [0.2, 0.25) is 0 Å². The minimum Gasteiger partial charge on any atom is -0.386 e. The molecular formula is C23H33Cl3N4S. The molecule has 4 nitrogen and oxygen atoms in total. The highest BCUT2D eigenvalue weighted by Crippen LogP contribution is 2.39. The number of aryl methyl sites for hydroxylation is 2. The lowest BCUT2D eigenvalue weighted by Crippen LogP contribution is -2.15. The maximum Gasteiger partial charge on any atom is 0.165 e. The summed E-state index contributed by atoms with van der Waals surface area (Å²) in [4.78, 5) is 12.6. The summed E-state index contributed by atoms with van der Waals surface area (Å²) in [6.07, 6.45) is 4.58. The molecule has 0 atom stereocenters. The minimum absolute atomic E-state index is 0. The van der Waals surface area contributed by atoms with Gasteiger partial charge in [0, 0.05) is 36.5 Å². The number of H-pyrrole nitrogens is 1. The van der Waals surface area contributed by atoms with Crippen molar-refractivity contribution in [2.75, 3.05) is 12.4 Å². The molecule has 0 radical (unpaired) electrons. The third-order valence-corrected chi connectivity index (χ3v) is 5.62. The third-order valence-electron chi connectivity index (χ3n) is 4.69. The molecule has 2 heterocycles. The van der Waals surface area contributed by atoms with Crippen molar-refractivity contribution in [2.24, 2.45) is 5.41 Å². The first kappa shape index (κ1) is 29.6. The average molecular weight is 504 g/mol. The first-order chi connectivity index (χ1) is 13.3. The Morgan fingerprint density at radius 2 is 1.68 bits per heavy atom. The fourth-order valence-corrected chi connectivity index (χ4v) is 4.31. The molecule has 0 fully saturated rings. The van der Waals surface area contributed by atoms with Gasteiger partial charge in [0.15, 0.2) is 5.16 Å². The highest BCUT2D eigenvalue weighted by atomic mass is 35.5. The second kappa shape index (κ2) is 12.6. The van der Waals surface area contributed by atoms with Crippen LogP contribution in [-0.2, 0) is 12.2 Å². The van der Waals surface area contributed by atoms with Gasteiger partial charge in [-0.25, -0.2) is 4.98 Å². The lowest BCUT2D eigenvalue weighted by atomic mass is 9.87. The molecule has 2 N–H and O–H groups in total. The van der Waals surface area contributed by atoms with Crippen molar-refractivity contribution in [1.29, 1.82) is 0 Å². The summed E-state index contributed by atoms with van der Waals surface area (Å²) < 4.78 is 0. The molecule has 0 saturated heterocycles. The van der Waals surface area contributed by atoms with E-state index >= 15 is 0 Å². The van der Waals surface area contributed by atoms with E-state index in [4.69, 9.17) is 4.98 Å². The Bertz CT molecular complexity index is 937. The van der Waals surface area contributed by atoms with Gasteiger partial charge in [-0.1, -0.05) is 62.4 Å². The molecule has 1 aromatic carbocycles. The predicted molar refractivity (Wildman–Crippen MR) is 142 cm³/mol. The van der Waals surface area contributed by atoms with Gasteiger partial charge in [0.2, 0.25) is 0 Å². The predicted octanol–water partition coefficient (Wildman–Crippen LogP) is 7.28. The van der Waals surface area contributed by atoms with Crippen LogP contribution in [0.4, 0.5) is 5.69 Å². The fourth-order valence-electron chi connectivity index (χ4n) is 3.39. The molecule has 3 rings (SSSR count). The molecule has 0 aliphatic heterocycles. The highest BCUT2D eigenvalue weighted by molar-refractivity contribution is 7.98. The van der Waals surface area contributed by atoms with Gasteiger partial charge in [0.05, 0.1) is 11.4 Å². The van der Waals surface area contributed by atoms with Gasteiger partial charge in [0.25, 0.3) is 0 Å². The minimum atomic E-state index is 0. The summed E-state index contributed by atoms with van der Waals surface area (Å²) in [5.41, 5.74) is 8.54. The second-order valence-corrected chi connectivity index (χ2v) is 9.37. The number of nitrogens with one attached hydrogen (secondary N) is 2. The number of halogens is 3. The zero-order chi connectivity index (χ0) is 20.3. The van der Waals surface area contributed by atoms with Crippen LogP contribution in [-0.4, -0.2) is 22.0 Å². The van der Waals surface area contributed by atoms with Crippen molar-refractivity contribution in [3.05, 3.63) is 59.2 Å². The zero-order valence-corrected chi connectivity index (χ0v) is 22.2. The summed E-state index contributed by atoms with van der Waals surface area (Å²) in [6, 6.07) is 8.79. The Morgan fingerprint density at radius 3 is 2.19 bits per heavy atom. The summed E-state index contributed by atoms with van der Waals surface area (Å²) in [5.74, 6) is 0.819. The standard InChI is InChI=1S/C23H30N4S.3ClH/c1-15-7-9-17(10-8-15)20-18(14-28-22-25-11-12-26-22)16(2)27-19(21(20)24-6)13-23(3,4)5;;;/h7-12,24H,13-14H2,1-6H3,(H,25,26);3*1H. The second-order valence-electron chi connectivity index (χ2n) is 8.41. The molecule has 0 amide bonds. The number of benzene rings is 1. The molecule has 8 heteroatoms. The monoisotopic (exact) mass is 502 g/mol. The largest absolute Gasteiger partial charge is 0.386 e. The van der Waals surface area contributed by atoms with Crippen molar-refractivity contribution < 1.29 is 0 Å². The van der Waals surface area contributed by atoms with E-state index in [1.165, 1.54) is 22.3 Å². The van der Waals surface area contributed by atoms with E-state index in [2.05, 4.69) is 74.2 Å². The molecule has 3 aromatic rings. The number of pyridine rings is 1. The summed E-state index contributed by atoms with van der Waals surface area (Å²) in [7, 11) is 2.00. The summed E-state index contributed by atoms with van der Waals surface area (Å²) >= 11 is 1.71. The van der Waals surface area contributed by atoms with Crippen molar-refractivity contribution in [1.82, 2.24) is 15.0 Å². The van der Waals surface area contributed by atoms with Crippen LogP contribution in [0.3, 0.4) is 0 Å². The molecule has 0 aliphatic carbocycles. The number of hydrogen-bond acceptors (Lipinski definition) is 4. The Balaban J connectivity index is 0.00000300. The van der Waals surface area contributed by atoms with Crippen molar-refractivity contribution in [3.8, 4) is 11.1 Å². The number of nitrogens with zero attached hydrogens (tertiary/aromatic N) is 2. The topological polar surface area (TPSA) is 53.6 Å². The normalized spacial score (nSPS) is 10.5. The van der Waals surface area contributed by atoms with Crippen molar-refractivity contribution >= 4 is 54.7 Å². The number of imidazole rings is 1. The Labute approximate surface area is 209 Å². The molecule has 2 aromatic heterocycles. The van der Waals surface area contributed by atoms with Gasteiger partial charge in [0.1, 0.15) is 0 Å². The van der Waals surface area contributed by atoms with Crippen molar-refractivity contribution in [2.45, 2.75) is 51.9 Å². The summed E-state index contributed by atoms with van der Waals surface area (Å²) in [6.45, 7) is 11.0. The maximum atomic E-state index is 5.03. The van der Waals surface area contributed by atoms with Crippen LogP contribution in [0.25, 0.3) is 11.1 Å². The number of rotatable bonds is 6. The molecule has 0 saturated carbocycles. The lowest BCUT2D eigenvalue weighted by Gasteiger charge is -2.24. The number of aromatic nitrogens is 3. The van der Waals surface area contributed by atoms with Gasteiger partial charge < -0.3 is 10.3 Å². The Kier molecular flexibility index (Phi) is 12.0. The van der Waals surface area contributed by atoms with E-state index in [0.717, 1.165) is 34.4 Å². The molecule has 31 heavy (non-hydrogen) atoms. The lowest BCUT2D eigenvalue weighted by molar-refractivity contribution is 0.406. The number of hydrogen-bond donors (Lipinski definition) is 2. The fraction of sp³-hybridized carbons (Fsp3) is 0.391. The van der Waals surface area contributed by atoms with E-state index in [1.54, 1.807) is 18.0 Å². The number of aromatic amines is 1. The number of anilines is 1. The average Bonchev–Trinajstić information content (AvgIpc) is 3.13. The third kappa shape index (κ3) is 7.60. The van der Waals surface area contributed by atoms with Crippen LogP contribution >= 0.6 is 49.0 Å². The highest BCUT2D eigenvalue weighted by Gasteiger charge is 2.22. The summed E-state index contributed by atoms with van der Waals surface area (Å²) in [5, 5.41) is 4.40. The zero-order valence-electron chi connectivity index (χ0n) is 18.9. The first-order valence-corrected chi connectivity index (χ1v) is 10.7.